The Bertz CT molecular complexity index is 686. The summed E-state index contributed by atoms with van der Waals surface area (Å²) in [5.41, 5.74) is 0.627. The fourth-order valence-electron chi connectivity index (χ4n) is 3.98. The van der Waals surface area contributed by atoms with Crippen LogP contribution in [0.5, 0.6) is 0 Å². The zero-order valence-corrected chi connectivity index (χ0v) is 15.5. The minimum absolute atomic E-state index is 0.00419. The molecular weight excluding hydrogens is 346 g/mol. The van der Waals surface area contributed by atoms with Gasteiger partial charge in [0.25, 0.3) is 0 Å². The molecule has 1 aromatic rings. The van der Waals surface area contributed by atoms with E-state index in [2.05, 4.69) is 22.3 Å². The van der Waals surface area contributed by atoms with Crippen molar-refractivity contribution in [3.63, 3.8) is 0 Å². The molecule has 2 aliphatic rings. The van der Waals surface area contributed by atoms with Gasteiger partial charge in [-0.25, -0.2) is 0 Å². The quantitative estimate of drug-likeness (QED) is 0.758. The van der Waals surface area contributed by atoms with Crippen molar-refractivity contribution < 1.29 is 19.5 Å². The SMILES string of the molecule is O=C(O)CCC1(CCC(=O)N2CCN(c3ccccc3)CC2)CCC(=O)N1. The number of carbonyl (C=O) groups excluding carboxylic acids is 2. The maximum atomic E-state index is 12.6. The van der Waals surface area contributed by atoms with E-state index in [-0.39, 0.29) is 18.2 Å². The van der Waals surface area contributed by atoms with Crippen molar-refractivity contribution in [3.8, 4) is 0 Å². The van der Waals surface area contributed by atoms with E-state index in [1.54, 1.807) is 0 Å². The predicted molar refractivity (Wildman–Crippen MR) is 101 cm³/mol. The molecule has 1 unspecified atom stereocenters. The number of rotatable bonds is 7. The van der Waals surface area contributed by atoms with Crippen LogP contribution in [0.15, 0.2) is 30.3 Å². The van der Waals surface area contributed by atoms with Crippen molar-refractivity contribution in [1.29, 1.82) is 0 Å². The lowest BCUT2D eigenvalue weighted by Gasteiger charge is -2.37. The molecule has 1 aromatic carbocycles. The molecule has 2 saturated heterocycles. The van der Waals surface area contributed by atoms with Gasteiger partial charge in [-0.05, 0) is 31.4 Å². The summed E-state index contributed by atoms with van der Waals surface area (Å²) in [4.78, 5) is 39.4. The monoisotopic (exact) mass is 373 g/mol. The van der Waals surface area contributed by atoms with Gasteiger partial charge >= 0.3 is 5.97 Å². The lowest BCUT2D eigenvalue weighted by Crippen LogP contribution is -2.49. The summed E-state index contributed by atoms with van der Waals surface area (Å²) in [6.45, 7) is 2.97. The van der Waals surface area contributed by atoms with Crippen LogP contribution in [0, 0.1) is 0 Å². The summed E-state index contributed by atoms with van der Waals surface area (Å²) in [5.74, 6) is -0.846. The largest absolute Gasteiger partial charge is 0.481 e. The van der Waals surface area contributed by atoms with Crippen LogP contribution < -0.4 is 10.2 Å². The average Bonchev–Trinajstić information content (AvgIpc) is 3.07. The molecule has 2 heterocycles. The number of nitrogens with one attached hydrogen (secondary N) is 1. The number of para-hydroxylation sites is 1. The topological polar surface area (TPSA) is 90.0 Å². The first-order chi connectivity index (χ1) is 13.0. The summed E-state index contributed by atoms with van der Waals surface area (Å²) < 4.78 is 0. The number of nitrogens with zero attached hydrogens (tertiary/aromatic N) is 2. The summed E-state index contributed by atoms with van der Waals surface area (Å²) in [6.07, 6.45) is 2.24. The number of carbonyl (C=O) groups is 3. The van der Waals surface area contributed by atoms with Gasteiger partial charge in [0.2, 0.25) is 11.8 Å². The van der Waals surface area contributed by atoms with Crippen LogP contribution in [0.25, 0.3) is 0 Å². The highest BCUT2D eigenvalue weighted by Crippen LogP contribution is 2.30. The highest BCUT2D eigenvalue weighted by atomic mass is 16.4. The minimum Gasteiger partial charge on any atom is -0.481 e. The predicted octanol–water partition coefficient (Wildman–Crippen LogP) is 1.63. The molecule has 1 atom stereocenters. The molecule has 0 saturated carbocycles. The summed E-state index contributed by atoms with van der Waals surface area (Å²) in [6, 6.07) is 10.2. The van der Waals surface area contributed by atoms with Crippen molar-refractivity contribution in [2.24, 2.45) is 0 Å². The lowest BCUT2D eigenvalue weighted by atomic mass is 9.86. The van der Waals surface area contributed by atoms with Gasteiger partial charge in [0.05, 0.1) is 0 Å². The Labute approximate surface area is 159 Å². The molecule has 0 aromatic heterocycles. The number of benzene rings is 1. The molecule has 0 aliphatic carbocycles. The number of anilines is 1. The molecule has 7 heteroatoms. The van der Waals surface area contributed by atoms with Gasteiger partial charge < -0.3 is 20.2 Å². The van der Waals surface area contributed by atoms with Crippen LogP contribution in [0.2, 0.25) is 0 Å². The van der Waals surface area contributed by atoms with Gasteiger partial charge in [0.1, 0.15) is 0 Å². The number of hydrogen-bond acceptors (Lipinski definition) is 4. The Kier molecular flexibility index (Phi) is 5.98. The van der Waals surface area contributed by atoms with Gasteiger partial charge in [0.15, 0.2) is 0 Å². The van der Waals surface area contributed by atoms with E-state index in [0.717, 1.165) is 13.1 Å². The highest BCUT2D eigenvalue weighted by molar-refractivity contribution is 5.80. The smallest absolute Gasteiger partial charge is 0.303 e. The van der Waals surface area contributed by atoms with E-state index >= 15 is 0 Å². The lowest BCUT2D eigenvalue weighted by molar-refractivity contribution is -0.137. The third-order valence-corrected chi connectivity index (χ3v) is 5.62. The normalized spacial score (nSPS) is 22.6. The van der Waals surface area contributed by atoms with Crippen molar-refractivity contribution in [3.05, 3.63) is 30.3 Å². The molecule has 7 nitrogen and oxygen atoms in total. The summed E-state index contributed by atoms with van der Waals surface area (Å²) in [5, 5.41) is 11.9. The maximum absolute atomic E-state index is 12.6. The van der Waals surface area contributed by atoms with Crippen LogP contribution in [0.4, 0.5) is 5.69 Å². The number of aliphatic carboxylic acids is 1. The average molecular weight is 373 g/mol. The van der Waals surface area contributed by atoms with Crippen molar-refractivity contribution in [2.75, 3.05) is 31.1 Å². The molecule has 0 radical (unpaired) electrons. The second-order valence-electron chi connectivity index (χ2n) is 7.43. The number of hydrogen-bond donors (Lipinski definition) is 2. The fraction of sp³-hybridized carbons (Fsp3) is 0.550. The zero-order valence-electron chi connectivity index (χ0n) is 15.5. The molecule has 27 heavy (non-hydrogen) atoms. The van der Waals surface area contributed by atoms with E-state index in [4.69, 9.17) is 5.11 Å². The van der Waals surface area contributed by atoms with Crippen molar-refractivity contribution in [2.45, 2.75) is 44.1 Å². The Morgan fingerprint density at radius 3 is 2.30 bits per heavy atom. The number of piperazine rings is 1. The minimum atomic E-state index is -0.876. The molecule has 146 valence electrons. The Morgan fingerprint density at radius 1 is 1.04 bits per heavy atom. The molecular formula is C20H27N3O4. The van der Waals surface area contributed by atoms with E-state index in [9.17, 15) is 14.4 Å². The van der Waals surface area contributed by atoms with Crippen LogP contribution in [0.1, 0.15) is 38.5 Å². The van der Waals surface area contributed by atoms with Crippen LogP contribution in [-0.2, 0) is 14.4 Å². The number of amides is 2. The van der Waals surface area contributed by atoms with E-state index in [1.807, 2.05) is 23.1 Å². The van der Waals surface area contributed by atoms with Crippen molar-refractivity contribution >= 4 is 23.5 Å². The van der Waals surface area contributed by atoms with Gasteiger partial charge in [-0.2, -0.15) is 0 Å². The standard InChI is InChI=1S/C20H27N3O4/c24-17-6-9-20(21-17,11-8-19(26)27)10-7-18(25)23-14-12-22(13-15-23)16-4-2-1-3-5-16/h1-5H,6-15H2,(H,21,24)(H,26,27). The zero-order chi connectivity index (χ0) is 19.3. The van der Waals surface area contributed by atoms with Gasteiger partial charge in [-0.1, -0.05) is 18.2 Å². The van der Waals surface area contributed by atoms with E-state index < -0.39 is 11.5 Å². The third kappa shape index (κ3) is 4.99. The molecule has 2 aliphatic heterocycles. The molecule has 2 fully saturated rings. The first-order valence-electron chi connectivity index (χ1n) is 9.58. The van der Waals surface area contributed by atoms with Gasteiger partial charge in [-0.15, -0.1) is 0 Å². The van der Waals surface area contributed by atoms with Crippen LogP contribution in [0.3, 0.4) is 0 Å². The highest BCUT2D eigenvalue weighted by Gasteiger charge is 2.38. The Hall–Kier alpha value is -2.57. The second kappa shape index (κ2) is 8.41. The summed E-state index contributed by atoms with van der Waals surface area (Å²) in [7, 11) is 0. The van der Waals surface area contributed by atoms with Crippen molar-refractivity contribution in [1.82, 2.24) is 10.2 Å². The molecule has 0 bridgehead atoms. The Morgan fingerprint density at radius 2 is 1.70 bits per heavy atom. The third-order valence-electron chi connectivity index (χ3n) is 5.62. The van der Waals surface area contributed by atoms with E-state index in [1.165, 1.54) is 5.69 Å². The Balaban J connectivity index is 1.50. The van der Waals surface area contributed by atoms with Crippen LogP contribution >= 0.6 is 0 Å². The maximum Gasteiger partial charge on any atom is 0.303 e. The van der Waals surface area contributed by atoms with Gasteiger partial charge in [-0.3, -0.25) is 14.4 Å². The van der Waals surface area contributed by atoms with E-state index in [0.29, 0.717) is 45.2 Å². The molecule has 2 amide bonds. The first-order valence-corrected chi connectivity index (χ1v) is 9.58. The summed E-state index contributed by atoms with van der Waals surface area (Å²) >= 11 is 0. The first kappa shape index (κ1) is 19.2. The molecule has 0 spiro atoms. The van der Waals surface area contributed by atoms with Gasteiger partial charge in [0, 0.05) is 56.7 Å². The van der Waals surface area contributed by atoms with Crippen LogP contribution in [-0.4, -0.2) is 59.5 Å². The molecule has 3 rings (SSSR count). The fourth-order valence-corrected chi connectivity index (χ4v) is 3.98. The molecule has 2 N–H and O–H groups in total. The number of carboxylic acids is 1. The number of carboxylic acid groups (broad SMARTS) is 1. The second-order valence-corrected chi connectivity index (χ2v) is 7.43.